The molecule has 0 N–H and O–H groups in total. The smallest absolute Gasteiger partial charge is 0.248 e. The van der Waals surface area contributed by atoms with Gasteiger partial charge in [0.05, 0.1) is 15.1 Å². The van der Waals surface area contributed by atoms with Crippen molar-refractivity contribution in [3.8, 4) is 0 Å². The maximum atomic E-state index is 12.2. The summed E-state index contributed by atoms with van der Waals surface area (Å²) in [5.74, 6) is 0. The fourth-order valence-electron chi connectivity index (χ4n) is 0.609. The third-order valence-electron chi connectivity index (χ3n) is 1.18. The molecule has 0 amide bonds. The monoisotopic (exact) mass is 319 g/mol. The largest absolute Gasteiger partial charge is 0.266 e. The molecule has 1 aromatic heterocycles. The summed E-state index contributed by atoms with van der Waals surface area (Å²) >= 11 is 11.7. The standard InChI is InChI=1S/C6H2Br2ClF2N/c7-3-4(9)2(6(10)11)1-12-5(3)8/h1,6H. The van der Waals surface area contributed by atoms with Gasteiger partial charge in [-0.2, -0.15) is 0 Å². The Bertz CT molecular complexity index is 306. The molecule has 0 fully saturated rings. The average molecular weight is 321 g/mol. The Morgan fingerprint density at radius 2 is 2.00 bits per heavy atom. The van der Waals surface area contributed by atoms with Crippen molar-refractivity contribution >= 4 is 43.5 Å². The zero-order valence-corrected chi connectivity index (χ0v) is 9.42. The highest BCUT2D eigenvalue weighted by Crippen LogP contribution is 2.35. The highest BCUT2D eigenvalue weighted by Gasteiger charge is 2.16. The molecular weight excluding hydrogens is 319 g/mol. The minimum Gasteiger partial charge on any atom is -0.248 e. The van der Waals surface area contributed by atoms with Crippen LogP contribution in [0.15, 0.2) is 15.3 Å². The number of aromatic nitrogens is 1. The molecule has 0 aliphatic rings. The minimum atomic E-state index is -2.60. The molecule has 0 spiro atoms. The molecule has 1 rings (SSSR count). The van der Waals surface area contributed by atoms with E-state index in [2.05, 4.69) is 36.8 Å². The van der Waals surface area contributed by atoms with Crippen molar-refractivity contribution in [1.82, 2.24) is 4.98 Å². The maximum absolute atomic E-state index is 12.2. The van der Waals surface area contributed by atoms with E-state index in [0.717, 1.165) is 6.20 Å². The highest BCUT2D eigenvalue weighted by molar-refractivity contribution is 9.13. The van der Waals surface area contributed by atoms with Gasteiger partial charge in [-0.25, -0.2) is 13.8 Å². The summed E-state index contributed by atoms with van der Waals surface area (Å²) in [6.45, 7) is 0. The van der Waals surface area contributed by atoms with E-state index >= 15 is 0 Å². The van der Waals surface area contributed by atoms with Gasteiger partial charge in [0.2, 0.25) is 0 Å². The van der Waals surface area contributed by atoms with Crippen LogP contribution in [0.2, 0.25) is 5.02 Å². The first-order valence-electron chi connectivity index (χ1n) is 2.81. The van der Waals surface area contributed by atoms with E-state index in [9.17, 15) is 8.78 Å². The maximum Gasteiger partial charge on any atom is 0.266 e. The molecule has 0 bridgehead atoms. The van der Waals surface area contributed by atoms with Gasteiger partial charge in [0.1, 0.15) is 4.60 Å². The average Bonchev–Trinajstić information content (AvgIpc) is 2.00. The predicted molar refractivity (Wildman–Crippen MR) is 49.6 cm³/mol. The van der Waals surface area contributed by atoms with Gasteiger partial charge in [-0.05, 0) is 31.9 Å². The fourth-order valence-corrected chi connectivity index (χ4v) is 1.58. The Labute approximate surface area is 89.4 Å². The molecule has 0 saturated carbocycles. The van der Waals surface area contributed by atoms with Crippen LogP contribution in [0.1, 0.15) is 12.0 Å². The van der Waals surface area contributed by atoms with Crippen LogP contribution < -0.4 is 0 Å². The second kappa shape index (κ2) is 3.98. The SMILES string of the molecule is FC(F)c1cnc(Br)c(Br)c1Cl. The minimum absolute atomic E-state index is 0.00752. The number of halogens is 5. The zero-order chi connectivity index (χ0) is 9.30. The van der Waals surface area contributed by atoms with Crippen molar-refractivity contribution in [3.63, 3.8) is 0 Å². The third kappa shape index (κ3) is 1.95. The van der Waals surface area contributed by atoms with Crippen molar-refractivity contribution in [2.75, 3.05) is 0 Å². The predicted octanol–water partition coefficient (Wildman–Crippen LogP) is 4.20. The Morgan fingerprint density at radius 3 is 2.50 bits per heavy atom. The molecule has 12 heavy (non-hydrogen) atoms. The molecule has 1 heterocycles. The van der Waals surface area contributed by atoms with Crippen LogP contribution in [0, 0.1) is 0 Å². The van der Waals surface area contributed by atoms with Crippen LogP contribution >= 0.6 is 43.5 Å². The molecule has 0 radical (unpaired) electrons. The number of hydrogen-bond acceptors (Lipinski definition) is 1. The Kier molecular flexibility index (Phi) is 3.43. The van der Waals surface area contributed by atoms with Gasteiger partial charge in [-0.3, -0.25) is 0 Å². The van der Waals surface area contributed by atoms with Crippen molar-refractivity contribution in [3.05, 3.63) is 25.9 Å². The van der Waals surface area contributed by atoms with Gasteiger partial charge < -0.3 is 0 Å². The van der Waals surface area contributed by atoms with Gasteiger partial charge >= 0.3 is 0 Å². The summed E-state index contributed by atoms with van der Waals surface area (Å²) in [5.41, 5.74) is -0.272. The van der Waals surface area contributed by atoms with Crippen molar-refractivity contribution in [2.45, 2.75) is 6.43 Å². The first-order chi connectivity index (χ1) is 5.54. The number of alkyl halides is 2. The molecule has 0 atom stereocenters. The van der Waals surface area contributed by atoms with E-state index in [4.69, 9.17) is 11.6 Å². The summed E-state index contributed by atoms with van der Waals surface area (Å²) in [6.07, 6.45) is -1.56. The molecular formula is C6H2Br2ClF2N. The lowest BCUT2D eigenvalue weighted by Gasteiger charge is -2.04. The molecule has 1 nitrogen and oxygen atoms in total. The van der Waals surface area contributed by atoms with Crippen molar-refractivity contribution in [1.29, 1.82) is 0 Å². The van der Waals surface area contributed by atoms with Gasteiger partial charge in [0, 0.05) is 6.20 Å². The second-order valence-electron chi connectivity index (χ2n) is 1.93. The summed E-state index contributed by atoms with van der Waals surface area (Å²) in [7, 11) is 0. The quantitative estimate of drug-likeness (QED) is 0.707. The fraction of sp³-hybridized carbons (Fsp3) is 0.167. The summed E-state index contributed by atoms with van der Waals surface area (Å²) in [5, 5.41) is -0.00752. The van der Waals surface area contributed by atoms with E-state index in [0.29, 0.717) is 9.08 Å². The van der Waals surface area contributed by atoms with Crippen LogP contribution in [-0.2, 0) is 0 Å². The molecule has 66 valence electrons. The molecule has 1 aromatic rings. The van der Waals surface area contributed by atoms with Gasteiger partial charge in [0.25, 0.3) is 6.43 Å². The lowest BCUT2D eigenvalue weighted by molar-refractivity contribution is 0.151. The van der Waals surface area contributed by atoms with E-state index in [1.54, 1.807) is 0 Å². The molecule has 0 aliphatic heterocycles. The van der Waals surface area contributed by atoms with E-state index in [-0.39, 0.29) is 10.6 Å². The number of rotatable bonds is 1. The molecule has 0 aromatic carbocycles. The lowest BCUT2D eigenvalue weighted by atomic mass is 10.3. The summed E-state index contributed by atoms with van der Waals surface area (Å²) < 4.78 is 25.1. The molecule has 6 heteroatoms. The van der Waals surface area contributed by atoms with E-state index in [1.807, 2.05) is 0 Å². The van der Waals surface area contributed by atoms with Crippen LogP contribution in [0.4, 0.5) is 8.78 Å². The third-order valence-corrected chi connectivity index (χ3v) is 3.72. The molecule has 0 aliphatic carbocycles. The normalized spacial score (nSPS) is 10.8. The van der Waals surface area contributed by atoms with Gasteiger partial charge in [-0.1, -0.05) is 11.6 Å². The van der Waals surface area contributed by atoms with Crippen LogP contribution in [0.5, 0.6) is 0 Å². The number of hydrogen-bond donors (Lipinski definition) is 0. The Hall–Kier alpha value is 0.260. The van der Waals surface area contributed by atoms with E-state index in [1.165, 1.54) is 0 Å². The Balaban J connectivity index is 3.27. The second-order valence-corrected chi connectivity index (χ2v) is 3.86. The highest BCUT2D eigenvalue weighted by atomic mass is 79.9. The Morgan fingerprint density at radius 1 is 1.42 bits per heavy atom. The topological polar surface area (TPSA) is 12.9 Å². The number of nitrogens with zero attached hydrogens (tertiary/aromatic N) is 1. The lowest BCUT2D eigenvalue weighted by Crippen LogP contribution is -1.90. The van der Waals surface area contributed by atoms with Crippen LogP contribution in [-0.4, -0.2) is 4.98 Å². The first-order valence-corrected chi connectivity index (χ1v) is 4.78. The number of pyridine rings is 1. The van der Waals surface area contributed by atoms with Crippen LogP contribution in [0.3, 0.4) is 0 Å². The first kappa shape index (κ1) is 10.3. The molecule has 0 saturated heterocycles. The zero-order valence-electron chi connectivity index (χ0n) is 5.49. The van der Waals surface area contributed by atoms with Crippen LogP contribution in [0.25, 0.3) is 0 Å². The summed E-state index contributed by atoms with van der Waals surface area (Å²) in [6, 6.07) is 0. The van der Waals surface area contributed by atoms with Crippen molar-refractivity contribution in [2.24, 2.45) is 0 Å². The molecule has 0 unspecified atom stereocenters. The van der Waals surface area contributed by atoms with Gasteiger partial charge in [0.15, 0.2) is 0 Å². The van der Waals surface area contributed by atoms with E-state index < -0.39 is 6.43 Å². The van der Waals surface area contributed by atoms with Crippen molar-refractivity contribution < 1.29 is 8.78 Å². The van der Waals surface area contributed by atoms with Gasteiger partial charge in [-0.15, -0.1) is 0 Å². The summed E-state index contributed by atoms with van der Waals surface area (Å²) in [4.78, 5) is 3.67.